The maximum absolute atomic E-state index is 5.87. The Labute approximate surface area is 185 Å². The molecule has 0 amide bonds. The molecule has 0 saturated carbocycles. The normalized spacial score (nSPS) is 10.2. The van der Waals surface area contributed by atoms with Gasteiger partial charge in [-0.1, -0.05) is 42.5 Å². The number of aromatic nitrogens is 3. The molecule has 0 atom stereocenters. The molecule has 154 valence electrons. The molecular weight excluding hydrogens is 410 g/mol. The minimum atomic E-state index is 0.253. The van der Waals surface area contributed by atoms with Gasteiger partial charge in [0, 0.05) is 18.9 Å². The Hall–Kier alpha value is -4.04. The predicted molar refractivity (Wildman–Crippen MR) is 122 cm³/mol. The van der Waals surface area contributed by atoms with E-state index in [1.165, 1.54) is 0 Å². The number of hydrogen-bond donors (Lipinski definition) is 2. The summed E-state index contributed by atoms with van der Waals surface area (Å²) in [6, 6.07) is 24.2. The van der Waals surface area contributed by atoms with Gasteiger partial charge in [0.2, 0.25) is 17.7 Å². The number of pyridine rings is 1. The first-order valence-corrected chi connectivity index (χ1v) is 9.94. The summed E-state index contributed by atoms with van der Waals surface area (Å²) in [7, 11) is 0. The molecule has 0 aliphatic rings. The highest BCUT2D eigenvalue weighted by Crippen LogP contribution is 2.27. The summed E-state index contributed by atoms with van der Waals surface area (Å²) in [4.78, 5) is 12.9. The van der Waals surface area contributed by atoms with Crippen molar-refractivity contribution in [1.82, 2.24) is 20.3 Å². The Morgan fingerprint density at radius 1 is 0.806 bits per heavy atom. The molecule has 2 N–H and O–H groups in total. The van der Waals surface area contributed by atoms with Crippen molar-refractivity contribution >= 4 is 23.3 Å². The molecule has 0 fully saturated rings. The monoisotopic (exact) mass is 429 g/mol. The van der Waals surface area contributed by atoms with Crippen molar-refractivity contribution in [3.05, 3.63) is 96.8 Å². The zero-order chi connectivity index (χ0) is 21.3. The molecule has 0 aliphatic heterocycles. The van der Waals surface area contributed by atoms with Crippen LogP contribution in [0.4, 0.5) is 5.95 Å². The number of thiocarbonyl (C=S) groups is 1. The number of anilines is 1. The van der Waals surface area contributed by atoms with E-state index < -0.39 is 0 Å². The van der Waals surface area contributed by atoms with E-state index in [1.54, 1.807) is 18.5 Å². The first kappa shape index (κ1) is 20.2. The molecule has 0 saturated heterocycles. The lowest BCUT2D eigenvalue weighted by atomic mass is 10.3. The van der Waals surface area contributed by atoms with E-state index in [-0.39, 0.29) is 5.95 Å². The highest BCUT2D eigenvalue weighted by molar-refractivity contribution is 7.80. The van der Waals surface area contributed by atoms with Crippen LogP contribution in [0.25, 0.3) is 0 Å². The standard InChI is InChI=1S/C23H19N5O2S/c31-23(25-16-17-8-7-13-24-15-17)28-22-26-20(29-18-9-3-1-4-10-18)14-21(27-22)30-19-11-5-2-6-12-19/h1-15H,16H2,(H2,25,26,27,28,31). The average molecular weight is 430 g/mol. The fourth-order valence-corrected chi connectivity index (χ4v) is 2.78. The molecule has 8 heteroatoms. The second-order valence-electron chi connectivity index (χ2n) is 6.37. The molecule has 2 aromatic heterocycles. The first-order chi connectivity index (χ1) is 15.2. The van der Waals surface area contributed by atoms with Crippen LogP contribution in [0, 0.1) is 0 Å². The lowest BCUT2D eigenvalue weighted by molar-refractivity contribution is 0.435. The van der Waals surface area contributed by atoms with Crippen LogP contribution in [0.2, 0.25) is 0 Å². The third kappa shape index (κ3) is 6.22. The number of nitrogens with zero attached hydrogens (tertiary/aromatic N) is 3. The molecule has 4 aromatic rings. The molecular formula is C23H19N5O2S. The van der Waals surface area contributed by atoms with Crippen LogP contribution in [0.5, 0.6) is 23.3 Å². The molecule has 2 heterocycles. The lowest BCUT2D eigenvalue weighted by Crippen LogP contribution is -2.28. The van der Waals surface area contributed by atoms with Crippen LogP contribution in [0.3, 0.4) is 0 Å². The molecule has 0 spiro atoms. The summed E-state index contributed by atoms with van der Waals surface area (Å²) < 4.78 is 11.7. The summed E-state index contributed by atoms with van der Waals surface area (Å²) in [6.45, 7) is 0.521. The second-order valence-corrected chi connectivity index (χ2v) is 6.78. The van der Waals surface area contributed by atoms with E-state index in [4.69, 9.17) is 21.7 Å². The van der Waals surface area contributed by atoms with E-state index >= 15 is 0 Å². The van der Waals surface area contributed by atoms with Crippen molar-refractivity contribution in [1.29, 1.82) is 0 Å². The first-order valence-electron chi connectivity index (χ1n) is 9.53. The third-order valence-electron chi connectivity index (χ3n) is 4.01. The Morgan fingerprint density at radius 3 is 1.97 bits per heavy atom. The van der Waals surface area contributed by atoms with Crippen LogP contribution in [-0.4, -0.2) is 20.1 Å². The maximum Gasteiger partial charge on any atom is 0.235 e. The van der Waals surface area contributed by atoms with Gasteiger partial charge in [-0.15, -0.1) is 0 Å². The number of benzene rings is 2. The van der Waals surface area contributed by atoms with E-state index in [0.29, 0.717) is 34.9 Å². The largest absolute Gasteiger partial charge is 0.439 e. The Morgan fingerprint density at radius 2 is 1.42 bits per heavy atom. The van der Waals surface area contributed by atoms with E-state index in [0.717, 1.165) is 5.56 Å². The van der Waals surface area contributed by atoms with Gasteiger partial charge in [-0.05, 0) is 48.1 Å². The van der Waals surface area contributed by atoms with Gasteiger partial charge >= 0.3 is 0 Å². The topological polar surface area (TPSA) is 81.2 Å². The summed E-state index contributed by atoms with van der Waals surface area (Å²) in [5, 5.41) is 6.45. The number of para-hydroxylation sites is 2. The van der Waals surface area contributed by atoms with Crippen molar-refractivity contribution in [3.8, 4) is 23.3 Å². The number of rotatable bonds is 7. The average Bonchev–Trinajstić information content (AvgIpc) is 2.80. The van der Waals surface area contributed by atoms with Gasteiger partial charge in [0.1, 0.15) is 11.5 Å². The van der Waals surface area contributed by atoms with E-state index in [2.05, 4.69) is 25.6 Å². The minimum Gasteiger partial charge on any atom is -0.439 e. The Bertz CT molecular complexity index is 1070. The SMILES string of the molecule is S=C(NCc1cccnc1)Nc1nc(Oc2ccccc2)cc(Oc2ccccc2)n1. The van der Waals surface area contributed by atoms with Gasteiger partial charge in [0.05, 0.1) is 6.07 Å². The molecule has 0 bridgehead atoms. The van der Waals surface area contributed by atoms with Crippen LogP contribution in [0.1, 0.15) is 5.56 Å². The number of hydrogen-bond acceptors (Lipinski definition) is 6. The van der Waals surface area contributed by atoms with Gasteiger partial charge in [0.15, 0.2) is 5.11 Å². The van der Waals surface area contributed by atoms with Crippen molar-refractivity contribution < 1.29 is 9.47 Å². The van der Waals surface area contributed by atoms with Crippen molar-refractivity contribution in [2.24, 2.45) is 0 Å². The smallest absolute Gasteiger partial charge is 0.235 e. The zero-order valence-corrected chi connectivity index (χ0v) is 17.3. The fraction of sp³-hybridized carbons (Fsp3) is 0.0435. The Kier molecular flexibility index (Phi) is 6.61. The highest BCUT2D eigenvalue weighted by atomic mass is 32.1. The van der Waals surface area contributed by atoms with E-state index in [1.807, 2.05) is 72.8 Å². The lowest BCUT2D eigenvalue weighted by Gasteiger charge is -2.12. The zero-order valence-electron chi connectivity index (χ0n) is 16.4. The molecule has 0 aliphatic carbocycles. The molecule has 0 radical (unpaired) electrons. The third-order valence-corrected chi connectivity index (χ3v) is 4.26. The summed E-state index contributed by atoms with van der Waals surface area (Å²) in [6.07, 6.45) is 3.49. The maximum atomic E-state index is 5.87. The van der Waals surface area contributed by atoms with Gasteiger partial charge in [-0.2, -0.15) is 9.97 Å². The van der Waals surface area contributed by atoms with Crippen molar-refractivity contribution in [2.45, 2.75) is 6.54 Å². The number of ether oxygens (including phenoxy) is 2. The summed E-state index contributed by atoms with van der Waals surface area (Å²) >= 11 is 5.38. The fourth-order valence-electron chi connectivity index (χ4n) is 2.61. The van der Waals surface area contributed by atoms with Crippen molar-refractivity contribution in [2.75, 3.05) is 5.32 Å². The van der Waals surface area contributed by atoms with E-state index in [9.17, 15) is 0 Å². The summed E-state index contributed by atoms with van der Waals surface area (Å²) in [5.41, 5.74) is 1.00. The van der Waals surface area contributed by atoms with Crippen LogP contribution >= 0.6 is 12.2 Å². The molecule has 2 aromatic carbocycles. The molecule has 4 rings (SSSR count). The van der Waals surface area contributed by atoms with Crippen LogP contribution < -0.4 is 20.1 Å². The summed E-state index contributed by atoms with van der Waals surface area (Å²) in [5.74, 6) is 2.20. The van der Waals surface area contributed by atoms with Gasteiger partial charge in [-0.3, -0.25) is 4.98 Å². The predicted octanol–water partition coefficient (Wildman–Crippen LogP) is 4.94. The second kappa shape index (κ2) is 10.1. The van der Waals surface area contributed by atoms with Crippen LogP contribution in [-0.2, 0) is 6.54 Å². The van der Waals surface area contributed by atoms with Crippen molar-refractivity contribution in [3.63, 3.8) is 0 Å². The highest BCUT2D eigenvalue weighted by Gasteiger charge is 2.10. The van der Waals surface area contributed by atoms with Gasteiger partial charge in [0.25, 0.3) is 0 Å². The molecule has 0 unspecified atom stereocenters. The quantitative estimate of drug-likeness (QED) is 0.400. The van der Waals surface area contributed by atoms with Crippen LogP contribution in [0.15, 0.2) is 91.3 Å². The molecule has 7 nitrogen and oxygen atoms in total. The molecule has 31 heavy (non-hydrogen) atoms. The number of nitrogens with one attached hydrogen (secondary N) is 2. The Balaban J connectivity index is 1.51. The minimum absolute atomic E-state index is 0.253. The van der Waals surface area contributed by atoms with Gasteiger partial charge in [-0.25, -0.2) is 0 Å². The van der Waals surface area contributed by atoms with Gasteiger partial charge < -0.3 is 20.1 Å².